The monoisotopic (exact) mass is 275 g/mol. The fourth-order valence-corrected chi connectivity index (χ4v) is 1.81. The van der Waals surface area contributed by atoms with E-state index in [2.05, 4.69) is 4.74 Å². The van der Waals surface area contributed by atoms with Crippen molar-refractivity contribution in [1.29, 1.82) is 0 Å². The van der Waals surface area contributed by atoms with Crippen LogP contribution in [0.5, 0.6) is 5.75 Å². The van der Waals surface area contributed by atoms with Gasteiger partial charge in [-0.1, -0.05) is 12.1 Å². The zero-order valence-electron chi connectivity index (χ0n) is 10.1. The zero-order valence-corrected chi connectivity index (χ0v) is 10.1. The summed E-state index contributed by atoms with van der Waals surface area (Å²) in [4.78, 5) is 12.9. The molecule has 0 aliphatic carbocycles. The average molecular weight is 275 g/mol. The first kappa shape index (κ1) is 13.5. The normalized spacial score (nSPS) is 19.5. The molecule has 2 rings (SSSR count). The van der Waals surface area contributed by atoms with Gasteiger partial charge in [-0.15, -0.1) is 13.2 Å². The van der Waals surface area contributed by atoms with Gasteiger partial charge in [-0.2, -0.15) is 0 Å². The van der Waals surface area contributed by atoms with Crippen molar-refractivity contribution in [2.45, 2.75) is 25.9 Å². The van der Waals surface area contributed by atoms with E-state index in [1.54, 1.807) is 6.92 Å². The Hall–Kier alpha value is -1.92. The fourth-order valence-electron chi connectivity index (χ4n) is 1.81. The number of nitrogens with zero attached hydrogens (tertiary/aromatic N) is 1. The number of amides is 1. The van der Waals surface area contributed by atoms with E-state index in [-0.39, 0.29) is 11.9 Å². The van der Waals surface area contributed by atoms with Crippen molar-refractivity contribution in [3.8, 4) is 5.75 Å². The molecule has 1 saturated heterocycles. The van der Waals surface area contributed by atoms with Crippen LogP contribution >= 0.6 is 0 Å². The van der Waals surface area contributed by atoms with Gasteiger partial charge in [0.15, 0.2) is 0 Å². The highest BCUT2D eigenvalue weighted by Crippen LogP contribution is 2.23. The van der Waals surface area contributed by atoms with E-state index in [0.717, 1.165) is 0 Å². The van der Waals surface area contributed by atoms with Crippen LogP contribution in [0.2, 0.25) is 0 Å². The minimum atomic E-state index is -4.70. The Morgan fingerprint density at radius 2 is 2.00 bits per heavy atom. The Balaban J connectivity index is 1.97. The standard InChI is InChI=1S/C12H12F3NO3/c1-8-6-16(11(17)18-8)7-9-2-4-10(5-3-9)19-12(13,14)15/h2-5,8H,6-7H2,1H3. The molecule has 1 aromatic carbocycles. The molecule has 0 saturated carbocycles. The third-order valence-electron chi connectivity index (χ3n) is 2.57. The molecule has 1 unspecified atom stereocenters. The van der Waals surface area contributed by atoms with Crippen LogP contribution in [-0.2, 0) is 11.3 Å². The zero-order chi connectivity index (χ0) is 14.0. The summed E-state index contributed by atoms with van der Waals surface area (Å²) in [6.45, 7) is 2.55. The summed E-state index contributed by atoms with van der Waals surface area (Å²) >= 11 is 0. The van der Waals surface area contributed by atoms with Gasteiger partial charge in [0.05, 0.1) is 6.54 Å². The van der Waals surface area contributed by atoms with Gasteiger partial charge in [0, 0.05) is 6.54 Å². The Morgan fingerprint density at radius 3 is 2.47 bits per heavy atom. The Labute approximate surface area is 107 Å². The van der Waals surface area contributed by atoms with Crippen molar-refractivity contribution < 1.29 is 27.4 Å². The van der Waals surface area contributed by atoms with E-state index in [4.69, 9.17) is 4.74 Å². The molecular formula is C12H12F3NO3. The summed E-state index contributed by atoms with van der Waals surface area (Å²) in [7, 11) is 0. The smallest absolute Gasteiger partial charge is 0.444 e. The molecule has 0 aromatic heterocycles. The molecule has 1 fully saturated rings. The number of hydrogen-bond donors (Lipinski definition) is 0. The maximum absolute atomic E-state index is 12.0. The summed E-state index contributed by atoms with van der Waals surface area (Å²) in [5.74, 6) is -0.284. The van der Waals surface area contributed by atoms with E-state index in [1.165, 1.54) is 29.2 Å². The highest BCUT2D eigenvalue weighted by molar-refractivity contribution is 5.69. The molecule has 7 heteroatoms. The number of cyclic esters (lactones) is 1. The highest BCUT2D eigenvalue weighted by atomic mass is 19.4. The Morgan fingerprint density at radius 1 is 1.37 bits per heavy atom. The number of alkyl halides is 3. The van der Waals surface area contributed by atoms with Crippen LogP contribution in [0, 0.1) is 0 Å². The molecule has 0 radical (unpaired) electrons. The number of benzene rings is 1. The van der Waals surface area contributed by atoms with Crippen LogP contribution in [0.3, 0.4) is 0 Å². The minimum absolute atomic E-state index is 0.166. The lowest BCUT2D eigenvalue weighted by Crippen LogP contribution is -2.24. The predicted molar refractivity (Wildman–Crippen MR) is 59.5 cm³/mol. The van der Waals surface area contributed by atoms with Gasteiger partial charge in [0.25, 0.3) is 0 Å². The summed E-state index contributed by atoms with van der Waals surface area (Å²) in [6.07, 6.45) is -5.28. The Kier molecular flexibility index (Phi) is 3.55. The first-order chi connectivity index (χ1) is 8.83. The molecule has 1 atom stereocenters. The molecule has 4 nitrogen and oxygen atoms in total. The van der Waals surface area contributed by atoms with Gasteiger partial charge in [-0.05, 0) is 24.6 Å². The third kappa shape index (κ3) is 3.77. The van der Waals surface area contributed by atoms with Crippen LogP contribution in [-0.4, -0.2) is 30.0 Å². The molecule has 1 aliphatic heterocycles. The molecule has 19 heavy (non-hydrogen) atoms. The van der Waals surface area contributed by atoms with Crippen LogP contribution in [0.1, 0.15) is 12.5 Å². The summed E-state index contributed by atoms with van der Waals surface area (Å²) in [6, 6.07) is 5.40. The lowest BCUT2D eigenvalue weighted by molar-refractivity contribution is -0.274. The Bertz CT molecular complexity index is 458. The molecule has 1 heterocycles. The van der Waals surface area contributed by atoms with Crippen LogP contribution in [0.15, 0.2) is 24.3 Å². The van der Waals surface area contributed by atoms with Gasteiger partial charge >= 0.3 is 12.5 Å². The fraction of sp³-hybridized carbons (Fsp3) is 0.417. The SMILES string of the molecule is CC1CN(Cc2ccc(OC(F)(F)F)cc2)C(=O)O1. The van der Waals surface area contributed by atoms with Crippen LogP contribution in [0.25, 0.3) is 0 Å². The lowest BCUT2D eigenvalue weighted by Gasteiger charge is -2.13. The van der Waals surface area contributed by atoms with Crippen molar-refractivity contribution in [3.63, 3.8) is 0 Å². The number of ether oxygens (including phenoxy) is 2. The second kappa shape index (κ2) is 4.99. The molecular weight excluding hydrogens is 263 g/mol. The molecule has 104 valence electrons. The number of carbonyl (C=O) groups excluding carboxylic acids is 1. The van der Waals surface area contributed by atoms with Crippen molar-refractivity contribution in [2.75, 3.05) is 6.54 Å². The quantitative estimate of drug-likeness (QED) is 0.851. The van der Waals surface area contributed by atoms with E-state index in [1.807, 2.05) is 0 Å². The minimum Gasteiger partial charge on any atom is -0.444 e. The number of halogens is 3. The molecule has 1 aliphatic rings. The van der Waals surface area contributed by atoms with E-state index >= 15 is 0 Å². The molecule has 0 spiro atoms. The predicted octanol–water partition coefficient (Wildman–Crippen LogP) is 2.93. The number of rotatable bonds is 3. The molecule has 0 bridgehead atoms. The topological polar surface area (TPSA) is 38.8 Å². The second-order valence-electron chi connectivity index (χ2n) is 4.27. The van der Waals surface area contributed by atoms with Crippen LogP contribution in [0.4, 0.5) is 18.0 Å². The van der Waals surface area contributed by atoms with Crippen molar-refractivity contribution in [2.24, 2.45) is 0 Å². The second-order valence-corrected chi connectivity index (χ2v) is 4.27. The number of hydrogen-bond acceptors (Lipinski definition) is 3. The molecule has 1 aromatic rings. The van der Waals surface area contributed by atoms with Crippen LogP contribution < -0.4 is 4.74 Å². The summed E-state index contributed by atoms with van der Waals surface area (Å²) in [5, 5.41) is 0. The van der Waals surface area contributed by atoms with E-state index < -0.39 is 12.5 Å². The van der Waals surface area contributed by atoms with Gasteiger partial charge in [-0.3, -0.25) is 0 Å². The van der Waals surface area contributed by atoms with E-state index in [0.29, 0.717) is 18.7 Å². The average Bonchev–Trinajstić information content (AvgIpc) is 2.58. The van der Waals surface area contributed by atoms with Gasteiger partial charge < -0.3 is 14.4 Å². The highest BCUT2D eigenvalue weighted by Gasteiger charge is 2.31. The maximum atomic E-state index is 12.0. The summed E-state index contributed by atoms with van der Waals surface area (Å²) < 4.78 is 44.6. The first-order valence-electron chi connectivity index (χ1n) is 5.64. The van der Waals surface area contributed by atoms with Crippen molar-refractivity contribution in [3.05, 3.63) is 29.8 Å². The van der Waals surface area contributed by atoms with Crippen molar-refractivity contribution >= 4 is 6.09 Å². The first-order valence-corrected chi connectivity index (χ1v) is 5.64. The van der Waals surface area contributed by atoms with E-state index in [9.17, 15) is 18.0 Å². The third-order valence-corrected chi connectivity index (χ3v) is 2.57. The number of carbonyl (C=O) groups is 1. The largest absolute Gasteiger partial charge is 0.573 e. The lowest BCUT2D eigenvalue weighted by atomic mass is 10.2. The molecule has 0 N–H and O–H groups in total. The maximum Gasteiger partial charge on any atom is 0.573 e. The summed E-state index contributed by atoms with van der Waals surface area (Å²) in [5.41, 5.74) is 0.709. The van der Waals surface area contributed by atoms with Crippen molar-refractivity contribution in [1.82, 2.24) is 4.90 Å². The van der Waals surface area contributed by atoms with Gasteiger partial charge in [-0.25, -0.2) is 4.79 Å². The molecule has 1 amide bonds. The van der Waals surface area contributed by atoms with Gasteiger partial charge in [0.2, 0.25) is 0 Å². The van der Waals surface area contributed by atoms with Gasteiger partial charge in [0.1, 0.15) is 11.9 Å².